The lowest BCUT2D eigenvalue weighted by Gasteiger charge is -2.08. The van der Waals surface area contributed by atoms with Crippen LogP contribution in [0, 0.1) is 0 Å². The predicted molar refractivity (Wildman–Crippen MR) is 72.2 cm³/mol. The Balaban J connectivity index is 2.17. The standard InChI is InChI=1S/C13H23N3O3/c1-11(2)14-10-12-4-5-13(16-15-12)19-9-8-18-7-6-17-3/h4-5,11,14H,6-10H2,1-3H3. The highest BCUT2D eigenvalue weighted by atomic mass is 16.5. The highest BCUT2D eigenvalue weighted by molar-refractivity contribution is 5.11. The fourth-order valence-electron chi connectivity index (χ4n) is 1.28. The van der Waals surface area contributed by atoms with Gasteiger partial charge in [0.25, 0.3) is 0 Å². The van der Waals surface area contributed by atoms with E-state index < -0.39 is 0 Å². The van der Waals surface area contributed by atoms with Gasteiger partial charge in [-0.15, -0.1) is 5.10 Å². The predicted octanol–water partition coefficient (Wildman–Crippen LogP) is 1.02. The van der Waals surface area contributed by atoms with Gasteiger partial charge in [-0.05, 0) is 6.07 Å². The molecule has 0 aliphatic carbocycles. The molecule has 0 radical (unpaired) electrons. The summed E-state index contributed by atoms with van der Waals surface area (Å²) in [5.74, 6) is 0.517. The largest absolute Gasteiger partial charge is 0.474 e. The summed E-state index contributed by atoms with van der Waals surface area (Å²) in [5.41, 5.74) is 0.900. The lowest BCUT2D eigenvalue weighted by Crippen LogP contribution is -2.22. The lowest BCUT2D eigenvalue weighted by molar-refractivity contribution is 0.0535. The first kappa shape index (κ1) is 15.8. The van der Waals surface area contributed by atoms with Crippen LogP contribution < -0.4 is 10.1 Å². The zero-order valence-corrected chi connectivity index (χ0v) is 11.9. The minimum absolute atomic E-state index is 0.432. The molecule has 1 aromatic heterocycles. The summed E-state index contributed by atoms with van der Waals surface area (Å²) in [4.78, 5) is 0. The normalized spacial score (nSPS) is 10.9. The minimum Gasteiger partial charge on any atom is -0.474 e. The smallest absolute Gasteiger partial charge is 0.233 e. The highest BCUT2D eigenvalue weighted by Crippen LogP contribution is 2.04. The van der Waals surface area contributed by atoms with E-state index in [4.69, 9.17) is 14.2 Å². The van der Waals surface area contributed by atoms with Crippen LogP contribution in [-0.2, 0) is 16.0 Å². The Morgan fingerprint density at radius 2 is 1.89 bits per heavy atom. The number of methoxy groups -OCH3 is 1. The van der Waals surface area contributed by atoms with E-state index >= 15 is 0 Å². The van der Waals surface area contributed by atoms with Gasteiger partial charge in [0.1, 0.15) is 6.61 Å². The zero-order valence-electron chi connectivity index (χ0n) is 11.9. The minimum atomic E-state index is 0.432. The molecular weight excluding hydrogens is 246 g/mol. The number of hydrogen-bond acceptors (Lipinski definition) is 6. The second-order valence-electron chi connectivity index (χ2n) is 4.35. The fraction of sp³-hybridized carbons (Fsp3) is 0.692. The van der Waals surface area contributed by atoms with E-state index in [1.54, 1.807) is 7.11 Å². The number of rotatable bonds is 10. The third-order valence-electron chi connectivity index (χ3n) is 2.30. The van der Waals surface area contributed by atoms with Crippen LogP contribution in [0.25, 0.3) is 0 Å². The second kappa shape index (κ2) is 9.66. The molecule has 1 N–H and O–H groups in total. The summed E-state index contributed by atoms with van der Waals surface area (Å²) in [7, 11) is 1.64. The number of hydrogen-bond donors (Lipinski definition) is 1. The Bertz CT molecular complexity index is 330. The molecule has 0 fully saturated rings. The van der Waals surface area contributed by atoms with E-state index in [0.29, 0.717) is 44.9 Å². The molecule has 19 heavy (non-hydrogen) atoms. The van der Waals surface area contributed by atoms with Gasteiger partial charge in [-0.3, -0.25) is 0 Å². The van der Waals surface area contributed by atoms with E-state index in [0.717, 1.165) is 5.69 Å². The first-order valence-electron chi connectivity index (χ1n) is 6.48. The fourth-order valence-corrected chi connectivity index (χ4v) is 1.28. The number of ether oxygens (including phenoxy) is 3. The van der Waals surface area contributed by atoms with Crippen molar-refractivity contribution < 1.29 is 14.2 Å². The molecule has 0 saturated heterocycles. The van der Waals surface area contributed by atoms with Gasteiger partial charge in [-0.25, -0.2) is 0 Å². The maximum absolute atomic E-state index is 5.41. The van der Waals surface area contributed by atoms with Crippen LogP contribution in [0.3, 0.4) is 0 Å². The van der Waals surface area contributed by atoms with Gasteiger partial charge in [0, 0.05) is 25.8 Å². The Hall–Kier alpha value is -1.24. The Morgan fingerprint density at radius 1 is 1.11 bits per heavy atom. The van der Waals surface area contributed by atoms with Crippen molar-refractivity contribution in [1.82, 2.24) is 15.5 Å². The van der Waals surface area contributed by atoms with Gasteiger partial charge >= 0.3 is 0 Å². The van der Waals surface area contributed by atoms with Crippen LogP contribution in [0.15, 0.2) is 12.1 Å². The van der Waals surface area contributed by atoms with Crippen molar-refractivity contribution in [3.8, 4) is 5.88 Å². The van der Waals surface area contributed by atoms with Gasteiger partial charge in [0.2, 0.25) is 5.88 Å². The number of nitrogens with one attached hydrogen (secondary N) is 1. The van der Waals surface area contributed by atoms with Crippen molar-refractivity contribution in [3.63, 3.8) is 0 Å². The van der Waals surface area contributed by atoms with Gasteiger partial charge < -0.3 is 19.5 Å². The van der Waals surface area contributed by atoms with Crippen LogP contribution in [0.1, 0.15) is 19.5 Å². The molecule has 6 nitrogen and oxygen atoms in total. The average molecular weight is 269 g/mol. The van der Waals surface area contributed by atoms with Crippen LogP contribution >= 0.6 is 0 Å². The Labute approximate surface area is 114 Å². The van der Waals surface area contributed by atoms with Crippen molar-refractivity contribution in [2.24, 2.45) is 0 Å². The van der Waals surface area contributed by atoms with Crippen molar-refractivity contribution in [1.29, 1.82) is 0 Å². The van der Waals surface area contributed by atoms with E-state index in [2.05, 4.69) is 29.4 Å². The van der Waals surface area contributed by atoms with Crippen molar-refractivity contribution >= 4 is 0 Å². The summed E-state index contributed by atoms with van der Waals surface area (Å²) in [5, 5.41) is 11.4. The molecule has 0 spiro atoms. The molecule has 0 aromatic carbocycles. The van der Waals surface area contributed by atoms with Crippen LogP contribution in [-0.4, -0.2) is 49.8 Å². The Morgan fingerprint density at radius 3 is 2.53 bits per heavy atom. The molecule has 0 atom stereocenters. The Kier molecular flexibility index (Phi) is 8.04. The third kappa shape index (κ3) is 7.71. The topological polar surface area (TPSA) is 65.5 Å². The quantitative estimate of drug-likeness (QED) is 0.640. The monoisotopic (exact) mass is 269 g/mol. The summed E-state index contributed by atoms with van der Waals surface area (Å²) in [6, 6.07) is 4.16. The zero-order chi connectivity index (χ0) is 13.9. The molecule has 6 heteroatoms. The molecule has 108 valence electrons. The van der Waals surface area contributed by atoms with Crippen molar-refractivity contribution in [2.75, 3.05) is 33.5 Å². The summed E-state index contributed by atoms with van der Waals surface area (Å²) in [6.45, 7) is 7.04. The molecule has 0 amide bonds. The molecule has 1 heterocycles. The van der Waals surface area contributed by atoms with E-state index in [9.17, 15) is 0 Å². The maximum atomic E-state index is 5.41. The van der Waals surface area contributed by atoms with Crippen LogP contribution in [0.2, 0.25) is 0 Å². The van der Waals surface area contributed by atoms with Crippen LogP contribution in [0.5, 0.6) is 5.88 Å². The first-order chi connectivity index (χ1) is 9.22. The van der Waals surface area contributed by atoms with Crippen LogP contribution in [0.4, 0.5) is 0 Å². The molecule has 1 rings (SSSR count). The molecule has 0 aliphatic rings. The van der Waals surface area contributed by atoms with Gasteiger partial charge in [0.05, 0.1) is 25.5 Å². The van der Waals surface area contributed by atoms with E-state index in [1.165, 1.54) is 0 Å². The highest BCUT2D eigenvalue weighted by Gasteiger charge is 2.00. The summed E-state index contributed by atoms with van der Waals surface area (Å²) < 4.78 is 15.5. The number of aromatic nitrogens is 2. The van der Waals surface area contributed by atoms with Gasteiger partial charge in [-0.1, -0.05) is 13.8 Å². The number of nitrogens with zero attached hydrogens (tertiary/aromatic N) is 2. The second-order valence-corrected chi connectivity index (χ2v) is 4.35. The van der Waals surface area contributed by atoms with Gasteiger partial charge in [-0.2, -0.15) is 5.10 Å². The summed E-state index contributed by atoms with van der Waals surface area (Å²) in [6.07, 6.45) is 0. The molecule has 0 aliphatic heterocycles. The van der Waals surface area contributed by atoms with Crippen molar-refractivity contribution in [3.05, 3.63) is 17.8 Å². The van der Waals surface area contributed by atoms with E-state index in [-0.39, 0.29) is 0 Å². The lowest BCUT2D eigenvalue weighted by atomic mass is 10.3. The summed E-state index contributed by atoms with van der Waals surface area (Å²) >= 11 is 0. The van der Waals surface area contributed by atoms with E-state index in [1.807, 2.05) is 12.1 Å². The van der Waals surface area contributed by atoms with Crippen molar-refractivity contribution in [2.45, 2.75) is 26.4 Å². The molecule has 0 bridgehead atoms. The molecule has 0 unspecified atom stereocenters. The average Bonchev–Trinajstić information content (AvgIpc) is 2.41. The first-order valence-corrected chi connectivity index (χ1v) is 6.48. The third-order valence-corrected chi connectivity index (χ3v) is 2.30. The SMILES string of the molecule is COCCOCCOc1ccc(CNC(C)C)nn1. The maximum Gasteiger partial charge on any atom is 0.233 e. The molecular formula is C13H23N3O3. The van der Waals surface area contributed by atoms with Gasteiger partial charge in [0.15, 0.2) is 0 Å². The molecule has 1 aromatic rings. The molecule has 0 saturated carbocycles.